The van der Waals surface area contributed by atoms with Crippen molar-refractivity contribution in [3.05, 3.63) is 28.8 Å². The van der Waals surface area contributed by atoms with E-state index in [4.69, 9.17) is 17.3 Å². The summed E-state index contributed by atoms with van der Waals surface area (Å²) < 4.78 is 0. The van der Waals surface area contributed by atoms with Crippen molar-refractivity contribution >= 4 is 23.2 Å². The smallest absolute Gasteiger partial charge is 0.256 e. The van der Waals surface area contributed by atoms with Crippen molar-refractivity contribution < 1.29 is 4.79 Å². The molecule has 21 heavy (non-hydrogen) atoms. The Morgan fingerprint density at radius 1 is 1.19 bits per heavy atom. The van der Waals surface area contributed by atoms with Crippen molar-refractivity contribution in [1.82, 2.24) is 9.80 Å². The van der Waals surface area contributed by atoms with Gasteiger partial charge in [-0.2, -0.15) is 0 Å². The molecule has 5 heteroatoms. The first kappa shape index (κ1) is 14.7. The Balaban J connectivity index is 1.68. The number of likely N-dealkylation sites (tertiary alicyclic amines) is 2. The third kappa shape index (κ3) is 3.01. The number of halogens is 1. The van der Waals surface area contributed by atoms with Crippen LogP contribution in [0, 0.1) is 0 Å². The molecule has 2 fully saturated rings. The van der Waals surface area contributed by atoms with Crippen molar-refractivity contribution in [2.24, 2.45) is 0 Å². The number of carbonyl (C=O) groups is 1. The molecule has 2 saturated heterocycles. The maximum Gasteiger partial charge on any atom is 0.256 e. The first-order valence-electron chi connectivity index (χ1n) is 7.74. The van der Waals surface area contributed by atoms with Gasteiger partial charge in [-0.25, -0.2) is 0 Å². The molecule has 2 heterocycles. The Labute approximate surface area is 130 Å². The summed E-state index contributed by atoms with van der Waals surface area (Å²) >= 11 is 6.01. The highest BCUT2D eigenvalue weighted by molar-refractivity contribution is 6.33. The van der Waals surface area contributed by atoms with Gasteiger partial charge in [-0.15, -0.1) is 0 Å². The predicted octanol–water partition coefficient (Wildman–Crippen LogP) is 2.62. The fourth-order valence-electron chi connectivity index (χ4n) is 3.40. The number of rotatable bonds is 2. The monoisotopic (exact) mass is 307 g/mol. The zero-order chi connectivity index (χ0) is 14.8. The predicted molar refractivity (Wildman–Crippen MR) is 85.6 cm³/mol. The molecule has 2 aliphatic rings. The maximum absolute atomic E-state index is 12.6. The van der Waals surface area contributed by atoms with Crippen molar-refractivity contribution in [2.45, 2.75) is 31.7 Å². The summed E-state index contributed by atoms with van der Waals surface area (Å²) in [5, 5.41) is 0.452. The molecule has 1 unspecified atom stereocenters. The van der Waals surface area contributed by atoms with E-state index in [0.717, 1.165) is 19.5 Å². The summed E-state index contributed by atoms with van der Waals surface area (Å²) in [6, 6.07) is 5.77. The molecule has 3 rings (SSSR count). The molecule has 1 aromatic rings. The number of hydrogen-bond acceptors (Lipinski definition) is 3. The van der Waals surface area contributed by atoms with Crippen LogP contribution in [0.2, 0.25) is 5.02 Å². The molecule has 0 saturated carbocycles. The summed E-state index contributed by atoms with van der Waals surface area (Å²) in [5.41, 5.74) is 6.86. The molecule has 4 nitrogen and oxygen atoms in total. The van der Waals surface area contributed by atoms with Crippen LogP contribution in [0.5, 0.6) is 0 Å². The van der Waals surface area contributed by atoms with Gasteiger partial charge in [-0.3, -0.25) is 9.69 Å². The van der Waals surface area contributed by atoms with E-state index in [-0.39, 0.29) is 5.91 Å². The van der Waals surface area contributed by atoms with Crippen LogP contribution >= 0.6 is 11.6 Å². The lowest BCUT2D eigenvalue weighted by Crippen LogP contribution is -2.41. The van der Waals surface area contributed by atoms with E-state index in [1.165, 1.54) is 32.4 Å². The van der Waals surface area contributed by atoms with Crippen molar-refractivity contribution in [3.8, 4) is 0 Å². The Kier molecular flexibility index (Phi) is 4.36. The van der Waals surface area contributed by atoms with Gasteiger partial charge < -0.3 is 10.6 Å². The molecule has 1 amide bonds. The Hall–Kier alpha value is -1.26. The van der Waals surface area contributed by atoms with Gasteiger partial charge in [0, 0.05) is 19.1 Å². The minimum atomic E-state index is 0.00881. The lowest BCUT2D eigenvalue weighted by atomic mass is 10.1. The number of nitrogens with zero attached hydrogens (tertiary/aromatic N) is 2. The Bertz CT molecular complexity index is 528. The molecular weight excluding hydrogens is 286 g/mol. The summed E-state index contributed by atoms with van der Waals surface area (Å²) in [6.45, 7) is 3.97. The third-order valence-corrected chi connectivity index (χ3v) is 4.97. The molecule has 2 N–H and O–H groups in total. The van der Waals surface area contributed by atoms with Crippen LogP contribution in [0.1, 0.15) is 36.0 Å². The third-order valence-electron chi connectivity index (χ3n) is 4.64. The van der Waals surface area contributed by atoms with E-state index in [1.807, 2.05) is 4.90 Å². The van der Waals surface area contributed by atoms with Crippen molar-refractivity contribution in [3.63, 3.8) is 0 Å². The highest BCUT2D eigenvalue weighted by Gasteiger charge is 2.32. The van der Waals surface area contributed by atoms with E-state index in [0.29, 0.717) is 22.3 Å². The number of anilines is 1. The highest BCUT2D eigenvalue weighted by atomic mass is 35.5. The van der Waals surface area contributed by atoms with Crippen LogP contribution in [0.4, 0.5) is 5.69 Å². The molecule has 0 radical (unpaired) electrons. The van der Waals surface area contributed by atoms with Crippen LogP contribution < -0.4 is 5.73 Å². The van der Waals surface area contributed by atoms with Crippen LogP contribution in [-0.2, 0) is 0 Å². The summed E-state index contributed by atoms with van der Waals surface area (Å²) in [6.07, 6.45) is 4.97. The molecule has 1 aromatic carbocycles. The Morgan fingerprint density at radius 2 is 1.95 bits per heavy atom. The van der Waals surface area contributed by atoms with E-state index in [1.54, 1.807) is 18.2 Å². The lowest BCUT2D eigenvalue weighted by Gasteiger charge is -2.32. The number of hydrogen-bond donors (Lipinski definition) is 1. The molecule has 0 bridgehead atoms. The molecule has 114 valence electrons. The normalized spacial score (nSPS) is 23.5. The number of nitrogens with two attached hydrogens (primary N) is 1. The van der Waals surface area contributed by atoms with Gasteiger partial charge in [0.25, 0.3) is 5.91 Å². The van der Waals surface area contributed by atoms with E-state index < -0.39 is 0 Å². The number of para-hydroxylation sites is 1. The zero-order valence-corrected chi connectivity index (χ0v) is 13.0. The Morgan fingerprint density at radius 3 is 2.71 bits per heavy atom. The average Bonchev–Trinajstić information content (AvgIpc) is 3.00. The van der Waals surface area contributed by atoms with Crippen LogP contribution in [0.15, 0.2) is 18.2 Å². The van der Waals surface area contributed by atoms with Gasteiger partial charge in [0.1, 0.15) is 0 Å². The molecule has 0 spiro atoms. The SMILES string of the molecule is Nc1c(Cl)cccc1C(=O)N1CCC(N2CCCCC2)C1. The number of benzene rings is 1. The number of nitrogen functional groups attached to an aromatic ring is 1. The van der Waals surface area contributed by atoms with E-state index >= 15 is 0 Å². The van der Waals surface area contributed by atoms with Crippen molar-refractivity contribution in [2.75, 3.05) is 31.9 Å². The van der Waals surface area contributed by atoms with Gasteiger partial charge in [-0.05, 0) is 44.5 Å². The molecule has 0 aromatic heterocycles. The van der Waals surface area contributed by atoms with Gasteiger partial charge in [-0.1, -0.05) is 24.1 Å². The lowest BCUT2D eigenvalue weighted by molar-refractivity contribution is 0.0772. The van der Waals surface area contributed by atoms with Crippen LogP contribution in [0.25, 0.3) is 0 Å². The fourth-order valence-corrected chi connectivity index (χ4v) is 3.58. The standard InChI is InChI=1S/C16H22ClN3O/c17-14-6-4-5-13(15(14)18)16(21)20-10-7-12(11-20)19-8-2-1-3-9-19/h4-6,12H,1-3,7-11,18H2. The van der Waals surface area contributed by atoms with Gasteiger partial charge >= 0.3 is 0 Å². The number of amides is 1. The molecule has 1 atom stereocenters. The van der Waals surface area contributed by atoms with Crippen LogP contribution in [-0.4, -0.2) is 47.9 Å². The van der Waals surface area contributed by atoms with Gasteiger partial charge in [0.05, 0.1) is 16.3 Å². The summed E-state index contributed by atoms with van der Waals surface area (Å²) in [5.74, 6) is 0.00881. The summed E-state index contributed by atoms with van der Waals surface area (Å²) in [7, 11) is 0. The first-order valence-corrected chi connectivity index (χ1v) is 8.12. The topological polar surface area (TPSA) is 49.6 Å². The zero-order valence-electron chi connectivity index (χ0n) is 12.2. The quantitative estimate of drug-likeness (QED) is 0.855. The molecular formula is C16H22ClN3O. The largest absolute Gasteiger partial charge is 0.397 e. The van der Waals surface area contributed by atoms with Crippen LogP contribution in [0.3, 0.4) is 0 Å². The average molecular weight is 308 g/mol. The minimum absolute atomic E-state index is 0.00881. The minimum Gasteiger partial charge on any atom is -0.397 e. The summed E-state index contributed by atoms with van der Waals surface area (Å²) in [4.78, 5) is 17.1. The second kappa shape index (κ2) is 6.24. The fraction of sp³-hybridized carbons (Fsp3) is 0.562. The number of carbonyl (C=O) groups excluding carboxylic acids is 1. The van der Waals surface area contributed by atoms with E-state index in [9.17, 15) is 4.79 Å². The molecule has 2 aliphatic heterocycles. The van der Waals surface area contributed by atoms with E-state index in [2.05, 4.69) is 4.90 Å². The van der Waals surface area contributed by atoms with Crippen molar-refractivity contribution in [1.29, 1.82) is 0 Å². The molecule has 0 aliphatic carbocycles. The second-order valence-corrected chi connectivity index (χ2v) is 6.40. The van der Waals surface area contributed by atoms with Gasteiger partial charge in [0.2, 0.25) is 0 Å². The number of piperidine rings is 1. The first-order chi connectivity index (χ1) is 10.2. The van der Waals surface area contributed by atoms with Gasteiger partial charge in [0.15, 0.2) is 0 Å². The highest BCUT2D eigenvalue weighted by Crippen LogP contribution is 2.26. The maximum atomic E-state index is 12.6. The second-order valence-electron chi connectivity index (χ2n) is 5.99.